The van der Waals surface area contributed by atoms with E-state index in [0.717, 1.165) is 27.6 Å². The lowest BCUT2D eigenvalue weighted by Crippen LogP contribution is -2.14. The number of rotatable bonds is 5. The Bertz CT molecular complexity index is 1330. The molecule has 31 heavy (non-hydrogen) atoms. The van der Waals surface area contributed by atoms with Gasteiger partial charge in [-0.2, -0.15) is 5.26 Å². The lowest BCUT2D eigenvalue weighted by Gasteiger charge is -2.07. The van der Waals surface area contributed by atoms with Crippen molar-refractivity contribution in [1.82, 2.24) is 4.57 Å². The summed E-state index contributed by atoms with van der Waals surface area (Å²) in [5.74, 6) is -0.727. The third kappa shape index (κ3) is 4.39. The Kier molecular flexibility index (Phi) is 5.63. The highest BCUT2D eigenvalue weighted by Gasteiger charge is 2.13. The van der Waals surface area contributed by atoms with E-state index in [4.69, 9.17) is 0 Å². The summed E-state index contributed by atoms with van der Waals surface area (Å²) in [5.41, 5.74) is 4.31. The first-order valence-electron chi connectivity index (χ1n) is 9.86. The van der Waals surface area contributed by atoms with Gasteiger partial charge in [0.05, 0.1) is 0 Å². The average Bonchev–Trinajstić information content (AvgIpc) is 3.12. The van der Waals surface area contributed by atoms with Crippen LogP contribution >= 0.6 is 0 Å². The van der Waals surface area contributed by atoms with Gasteiger partial charge in [0.1, 0.15) is 17.5 Å². The Morgan fingerprint density at radius 2 is 1.77 bits per heavy atom. The van der Waals surface area contributed by atoms with Gasteiger partial charge in [0.2, 0.25) is 0 Å². The molecule has 0 bridgehead atoms. The lowest BCUT2D eigenvalue weighted by molar-refractivity contribution is -0.112. The minimum absolute atomic E-state index is 0.0212. The predicted octanol–water partition coefficient (Wildman–Crippen LogP) is 5.68. The topological polar surface area (TPSA) is 57.8 Å². The molecule has 1 aromatic heterocycles. The van der Waals surface area contributed by atoms with Crippen LogP contribution in [0.4, 0.5) is 10.1 Å². The summed E-state index contributed by atoms with van der Waals surface area (Å²) >= 11 is 0. The number of amides is 1. The molecule has 4 aromatic rings. The second-order valence-electron chi connectivity index (χ2n) is 7.29. The van der Waals surface area contributed by atoms with Crippen LogP contribution in [-0.4, -0.2) is 10.5 Å². The summed E-state index contributed by atoms with van der Waals surface area (Å²) in [4.78, 5) is 12.7. The first-order valence-corrected chi connectivity index (χ1v) is 9.86. The molecular formula is C26H20FN3O. The number of carbonyl (C=O) groups is 1. The van der Waals surface area contributed by atoms with E-state index >= 15 is 0 Å². The third-order valence-electron chi connectivity index (χ3n) is 5.14. The highest BCUT2D eigenvalue weighted by atomic mass is 19.1. The minimum atomic E-state index is -0.452. The molecule has 5 heteroatoms. The molecule has 0 saturated heterocycles. The zero-order valence-electron chi connectivity index (χ0n) is 17.0. The largest absolute Gasteiger partial charge is 0.342 e. The van der Waals surface area contributed by atoms with Crippen molar-refractivity contribution in [2.45, 2.75) is 13.5 Å². The van der Waals surface area contributed by atoms with Crippen molar-refractivity contribution in [2.24, 2.45) is 0 Å². The molecule has 0 aliphatic rings. The molecule has 152 valence electrons. The van der Waals surface area contributed by atoms with E-state index < -0.39 is 5.91 Å². The highest BCUT2D eigenvalue weighted by molar-refractivity contribution is 6.11. The number of nitrogens with one attached hydrogen (secondary N) is 1. The standard InChI is InChI=1S/C26H20FN3O/c1-18-6-2-4-8-24(18)29-26(31)20(15-28)14-21-17-30(25-9-5-3-7-23(21)25)16-19-10-12-22(27)13-11-19/h2-14,17H,16H2,1H3,(H,29,31). The molecule has 0 aliphatic heterocycles. The number of carbonyl (C=O) groups excluding carboxylic acids is 1. The number of hydrogen-bond acceptors (Lipinski definition) is 2. The Morgan fingerprint density at radius 3 is 2.52 bits per heavy atom. The van der Waals surface area contributed by atoms with Crippen LogP contribution in [0.25, 0.3) is 17.0 Å². The normalized spacial score (nSPS) is 11.3. The van der Waals surface area contributed by atoms with Gasteiger partial charge in [0.15, 0.2) is 0 Å². The van der Waals surface area contributed by atoms with Crippen LogP contribution in [0.5, 0.6) is 0 Å². The quantitative estimate of drug-likeness (QED) is 0.340. The molecule has 0 aliphatic carbocycles. The molecule has 3 aromatic carbocycles. The SMILES string of the molecule is Cc1ccccc1NC(=O)C(C#N)=Cc1cn(Cc2ccc(F)cc2)c2ccccc12. The Hall–Kier alpha value is -4.17. The van der Waals surface area contributed by atoms with Crippen molar-refractivity contribution in [2.75, 3.05) is 5.32 Å². The summed E-state index contributed by atoms with van der Waals surface area (Å²) in [6, 6.07) is 23.6. The fourth-order valence-electron chi connectivity index (χ4n) is 3.51. The average molecular weight is 409 g/mol. The van der Waals surface area contributed by atoms with E-state index in [0.29, 0.717) is 12.2 Å². The number of aromatic nitrogens is 1. The van der Waals surface area contributed by atoms with Gasteiger partial charge in [0, 0.05) is 34.9 Å². The molecule has 1 heterocycles. The van der Waals surface area contributed by atoms with Crippen molar-refractivity contribution < 1.29 is 9.18 Å². The van der Waals surface area contributed by atoms with E-state index in [1.165, 1.54) is 12.1 Å². The van der Waals surface area contributed by atoms with Crippen LogP contribution in [0.1, 0.15) is 16.7 Å². The Morgan fingerprint density at radius 1 is 1.06 bits per heavy atom. The summed E-state index contributed by atoms with van der Waals surface area (Å²) < 4.78 is 15.3. The van der Waals surface area contributed by atoms with Gasteiger partial charge in [-0.15, -0.1) is 0 Å². The number of para-hydroxylation sites is 2. The van der Waals surface area contributed by atoms with Gasteiger partial charge in [-0.25, -0.2) is 4.39 Å². The second-order valence-corrected chi connectivity index (χ2v) is 7.29. The van der Waals surface area contributed by atoms with Crippen LogP contribution in [0, 0.1) is 24.1 Å². The molecule has 0 atom stereocenters. The number of aryl methyl sites for hydroxylation is 1. The zero-order valence-corrected chi connectivity index (χ0v) is 17.0. The van der Waals surface area contributed by atoms with Crippen molar-refractivity contribution in [1.29, 1.82) is 5.26 Å². The smallest absolute Gasteiger partial charge is 0.266 e. The third-order valence-corrected chi connectivity index (χ3v) is 5.14. The maximum Gasteiger partial charge on any atom is 0.266 e. The number of halogens is 1. The fourth-order valence-corrected chi connectivity index (χ4v) is 3.51. The summed E-state index contributed by atoms with van der Waals surface area (Å²) in [5, 5.41) is 13.4. The molecule has 4 nitrogen and oxygen atoms in total. The van der Waals surface area contributed by atoms with E-state index in [-0.39, 0.29) is 11.4 Å². The highest BCUT2D eigenvalue weighted by Crippen LogP contribution is 2.25. The predicted molar refractivity (Wildman–Crippen MR) is 121 cm³/mol. The number of fused-ring (bicyclic) bond motifs is 1. The summed E-state index contributed by atoms with van der Waals surface area (Å²) in [6.45, 7) is 2.44. The molecule has 0 spiro atoms. The van der Waals surface area contributed by atoms with Crippen LogP contribution in [0.15, 0.2) is 84.6 Å². The van der Waals surface area contributed by atoms with Gasteiger partial charge in [-0.3, -0.25) is 4.79 Å². The van der Waals surface area contributed by atoms with Gasteiger partial charge in [0.25, 0.3) is 5.91 Å². The van der Waals surface area contributed by atoms with Gasteiger partial charge >= 0.3 is 0 Å². The van der Waals surface area contributed by atoms with Crippen molar-refractivity contribution in [3.8, 4) is 6.07 Å². The number of benzene rings is 3. The summed E-state index contributed by atoms with van der Waals surface area (Å²) in [7, 11) is 0. The van der Waals surface area contributed by atoms with Crippen molar-refractivity contribution >= 4 is 28.6 Å². The fraction of sp³-hybridized carbons (Fsp3) is 0.0769. The van der Waals surface area contributed by atoms with Gasteiger partial charge in [-0.05, 0) is 48.4 Å². The van der Waals surface area contributed by atoms with Gasteiger partial charge < -0.3 is 9.88 Å². The van der Waals surface area contributed by atoms with Crippen LogP contribution in [0.2, 0.25) is 0 Å². The maximum atomic E-state index is 13.2. The second kappa shape index (κ2) is 8.68. The Balaban J connectivity index is 1.68. The van der Waals surface area contributed by atoms with Crippen molar-refractivity contribution in [3.05, 3.63) is 107 Å². The van der Waals surface area contributed by atoms with Crippen LogP contribution in [-0.2, 0) is 11.3 Å². The number of nitrogens with zero attached hydrogens (tertiary/aromatic N) is 2. The zero-order chi connectivity index (χ0) is 21.8. The first-order chi connectivity index (χ1) is 15.0. The molecular weight excluding hydrogens is 389 g/mol. The molecule has 1 N–H and O–H groups in total. The summed E-state index contributed by atoms with van der Waals surface area (Å²) in [6.07, 6.45) is 3.52. The van der Waals surface area contributed by atoms with Crippen molar-refractivity contribution in [3.63, 3.8) is 0 Å². The van der Waals surface area contributed by atoms with E-state index in [2.05, 4.69) is 5.32 Å². The number of nitriles is 1. The molecule has 0 unspecified atom stereocenters. The minimum Gasteiger partial charge on any atom is -0.342 e. The number of anilines is 1. The molecule has 0 radical (unpaired) electrons. The van der Waals surface area contributed by atoms with E-state index in [9.17, 15) is 14.4 Å². The number of hydrogen-bond donors (Lipinski definition) is 1. The van der Waals surface area contributed by atoms with Crippen LogP contribution < -0.4 is 5.32 Å². The molecule has 0 saturated carbocycles. The lowest BCUT2D eigenvalue weighted by atomic mass is 10.1. The molecule has 0 fully saturated rings. The molecule has 4 rings (SSSR count). The molecule has 1 amide bonds. The van der Waals surface area contributed by atoms with Gasteiger partial charge in [-0.1, -0.05) is 48.5 Å². The van der Waals surface area contributed by atoms with E-state index in [1.807, 2.05) is 66.2 Å². The van der Waals surface area contributed by atoms with E-state index in [1.54, 1.807) is 24.3 Å². The monoisotopic (exact) mass is 409 g/mol. The first kappa shape index (κ1) is 20.1. The Labute approximate surface area is 179 Å². The maximum absolute atomic E-state index is 13.2. The van der Waals surface area contributed by atoms with Crippen LogP contribution in [0.3, 0.4) is 0 Å².